The summed E-state index contributed by atoms with van der Waals surface area (Å²) in [5.41, 5.74) is 0.922. The van der Waals surface area contributed by atoms with Gasteiger partial charge in [0.05, 0.1) is 11.0 Å². The van der Waals surface area contributed by atoms with Gasteiger partial charge in [-0.15, -0.1) is 0 Å². The smallest absolute Gasteiger partial charge is 0.157 e. The summed E-state index contributed by atoms with van der Waals surface area (Å²) in [5.74, 6) is 0.341. The molecular weight excluding hydrogens is 264 g/mol. The van der Waals surface area contributed by atoms with Crippen molar-refractivity contribution in [2.75, 3.05) is 5.75 Å². The van der Waals surface area contributed by atoms with E-state index in [9.17, 15) is 8.42 Å². The highest BCUT2D eigenvalue weighted by Crippen LogP contribution is 2.34. The first-order valence-electron chi connectivity index (χ1n) is 4.56. The second-order valence-corrected chi connectivity index (χ2v) is 6.77. The molecule has 1 heterocycles. The van der Waals surface area contributed by atoms with Crippen LogP contribution in [0.2, 0.25) is 0 Å². The van der Waals surface area contributed by atoms with Crippen molar-refractivity contribution in [1.29, 1.82) is 0 Å². The molecule has 1 atom stereocenters. The van der Waals surface area contributed by atoms with Crippen molar-refractivity contribution in [2.45, 2.75) is 18.1 Å². The summed E-state index contributed by atoms with van der Waals surface area (Å²) in [6, 6.07) is 7.56. The Balaban J connectivity index is 2.36. The number of halogens is 1. The van der Waals surface area contributed by atoms with Crippen LogP contribution in [0.5, 0.6) is 0 Å². The number of hydrogen-bond donors (Lipinski definition) is 0. The molecule has 14 heavy (non-hydrogen) atoms. The predicted molar refractivity (Wildman–Crippen MR) is 59.9 cm³/mol. The molecule has 0 bridgehead atoms. The van der Waals surface area contributed by atoms with Gasteiger partial charge in [0.1, 0.15) is 0 Å². The first kappa shape index (κ1) is 10.2. The van der Waals surface area contributed by atoms with E-state index in [1.807, 2.05) is 24.3 Å². The highest BCUT2D eigenvalue weighted by molar-refractivity contribution is 9.10. The van der Waals surface area contributed by atoms with Gasteiger partial charge in [0.2, 0.25) is 0 Å². The fourth-order valence-electron chi connectivity index (χ4n) is 1.84. The van der Waals surface area contributed by atoms with Gasteiger partial charge in [-0.25, -0.2) is 8.42 Å². The normalized spacial score (nSPS) is 25.1. The Morgan fingerprint density at radius 2 is 1.86 bits per heavy atom. The monoisotopic (exact) mass is 274 g/mol. The molecule has 1 aromatic rings. The lowest BCUT2D eigenvalue weighted by Gasteiger charge is -2.09. The SMILES string of the molecule is O=S1(=O)CCCC1c1ccc(Br)cc1. The molecule has 76 valence electrons. The second kappa shape index (κ2) is 3.66. The zero-order valence-electron chi connectivity index (χ0n) is 7.61. The molecule has 2 rings (SSSR count). The Kier molecular flexibility index (Phi) is 2.66. The zero-order valence-corrected chi connectivity index (χ0v) is 10.0. The van der Waals surface area contributed by atoms with Crippen molar-refractivity contribution < 1.29 is 8.42 Å². The van der Waals surface area contributed by atoms with Crippen molar-refractivity contribution in [3.63, 3.8) is 0 Å². The van der Waals surface area contributed by atoms with Crippen LogP contribution in [0.15, 0.2) is 28.7 Å². The Labute approximate surface area is 92.4 Å². The van der Waals surface area contributed by atoms with Crippen LogP contribution in [0.3, 0.4) is 0 Å². The van der Waals surface area contributed by atoms with Gasteiger partial charge in [-0.3, -0.25) is 0 Å². The van der Waals surface area contributed by atoms with Crippen LogP contribution < -0.4 is 0 Å². The van der Waals surface area contributed by atoms with Crippen LogP contribution in [-0.2, 0) is 9.84 Å². The van der Waals surface area contributed by atoms with Crippen molar-refractivity contribution in [1.82, 2.24) is 0 Å². The lowest BCUT2D eigenvalue weighted by Crippen LogP contribution is -2.07. The highest BCUT2D eigenvalue weighted by atomic mass is 79.9. The Hall–Kier alpha value is -0.350. The topological polar surface area (TPSA) is 34.1 Å². The van der Waals surface area contributed by atoms with Crippen LogP contribution in [0, 0.1) is 0 Å². The van der Waals surface area contributed by atoms with E-state index in [1.165, 1.54) is 0 Å². The Bertz CT molecular complexity index is 422. The average Bonchev–Trinajstić information content (AvgIpc) is 2.47. The number of sulfone groups is 1. The minimum atomic E-state index is -2.87. The number of hydrogen-bond acceptors (Lipinski definition) is 2. The molecule has 1 saturated heterocycles. The summed E-state index contributed by atoms with van der Waals surface area (Å²) < 4.78 is 24.3. The van der Waals surface area contributed by atoms with Crippen LogP contribution >= 0.6 is 15.9 Å². The van der Waals surface area contributed by atoms with E-state index in [2.05, 4.69) is 15.9 Å². The molecule has 1 aromatic carbocycles. The molecule has 0 radical (unpaired) electrons. The summed E-state index contributed by atoms with van der Waals surface area (Å²) >= 11 is 3.33. The van der Waals surface area contributed by atoms with Crippen molar-refractivity contribution >= 4 is 25.8 Å². The molecule has 0 spiro atoms. The summed E-state index contributed by atoms with van der Waals surface area (Å²) in [6.07, 6.45) is 1.56. The van der Waals surface area contributed by atoms with Gasteiger partial charge in [0.25, 0.3) is 0 Å². The van der Waals surface area contributed by atoms with Crippen LogP contribution in [0.25, 0.3) is 0 Å². The van der Waals surface area contributed by atoms with E-state index in [4.69, 9.17) is 0 Å². The van der Waals surface area contributed by atoms with Gasteiger partial charge in [-0.1, -0.05) is 28.1 Å². The van der Waals surface area contributed by atoms with E-state index in [0.29, 0.717) is 5.75 Å². The average molecular weight is 275 g/mol. The van der Waals surface area contributed by atoms with E-state index in [-0.39, 0.29) is 5.25 Å². The van der Waals surface area contributed by atoms with Gasteiger partial charge in [-0.05, 0) is 30.5 Å². The number of rotatable bonds is 1. The molecular formula is C10H11BrO2S. The third-order valence-electron chi connectivity index (χ3n) is 2.57. The maximum Gasteiger partial charge on any atom is 0.157 e. The molecule has 1 fully saturated rings. The second-order valence-electron chi connectivity index (χ2n) is 3.55. The van der Waals surface area contributed by atoms with Crippen molar-refractivity contribution in [2.24, 2.45) is 0 Å². The molecule has 0 aliphatic carbocycles. The lowest BCUT2D eigenvalue weighted by molar-refractivity contribution is 0.592. The van der Waals surface area contributed by atoms with Crippen molar-refractivity contribution in [3.05, 3.63) is 34.3 Å². The van der Waals surface area contributed by atoms with E-state index < -0.39 is 9.84 Å². The molecule has 2 nitrogen and oxygen atoms in total. The third kappa shape index (κ3) is 1.86. The summed E-state index contributed by atoms with van der Waals surface area (Å²) in [5, 5.41) is -0.268. The molecule has 0 amide bonds. The lowest BCUT2D eigenvalue weighted by atomic mass is 10.1. The summed E-state index contributed by atoms with van der Waals surface area (Å²) in [7, 11) is -2.87. The summed E-state index contributed by atoms with van der Waals surface area (Å²) in [4.78, 5) is 0. The van der Waals surface area contributed by atoms with Gasteiger partial charge in [0, 0.05) is 4.47 Å². The zero-order chi connectivity index (χ0) is 10.2. The van der Waals surface area contributed by atoms with Gasteiger partial charge in [0.15, 0.2) is 9.84 Å². The summed E-state index contributed by atoms with van der Waals surface area (Å²) in [6.45, 7) is 0. The molecule has 0 saturated carbocycles. The van der Waals surface area contributed by atoms with Crippen molar-refractivity contribution in [3.8, 4) is 0 Å². The van der Waals surface area contributed by atoms with Crippen LogP contribution in [-0.4, -0.2) is 14.2 Å². The van der Waals surface area contributed by atoms with E-state index >= 15 is 0 Å². The van der Waals surface area contributed by atoms with Gasteiger partial charge in [-0.2, -0.15) is 0 Å². The Morgan fingerprint density at radius 1 is 1.21 bits per heavy atom. The standard InChI is InChI=1S/C10H11BrO2S/c11-9-5-3-8(4-6-9)10-2-1-7-14(10,12)13/h3-6,10H,1-2,7H2. The van der Waals surface area contributed by atoms with Crippen LogP contribution in [0.1, 0.15) is 23.7 Å². The molecule has 1 aliphatic rings. The van der Waals surface area contributed by atoms with Crippen LogP contribution in [0.4, 0.5) is 0 Å². The molecule has 1 aliphatic heterocycles. The molecule has 1 unspecified atom stereocenters. The quantitative estimate of drug-likeness (QED) is 0.789. The first-order valence-corrected chi connectivity index (χ1v) is 7.07. The number of benzene rings is 1. The van der Waals surface area contributed by atoms with Gasteiger partial charge >= 0.3 is 0 Å². The predicted octanol–water partition coefficient (Wildman–Crippen LogP) is 2.70. The first-order chi connectivity index (χ1) is 6.59. The fraction of sp³-hybridized carbons (Fsp3) is 0.400. The van der Waals surface area contributed by atoms with Gasteiger partial charge < -0.3 is 0 Å². The minimum absolute atomic E-state index is 0.268. The third-order valence-corrected chi connectivity index (χ3v) is 5.33. The Morgan fingerprint density at radius 3 is 2.36 bits per heavy atom. The molecule has 4 heteroatoms. The molecule has 0 N–H and O–H groups in total. The minimum Gasteiger partial charge on any atom is -0.228 e. The fourth-order valence-corrected chi connectivity index (χ4v) is 4.06. The maximum absolute atomic E-state index is 11.6. The van der Waals surface area contributed by atoms with E-state index in [0.717, 1.165) is 22.9 Å². The maximum atomic E-state index is 11.6. The largest absolute Gasteiger partial charge is 0.228 e. The highest BCUT2D eigenvalue weighted by Gasteiger charge is 2.32. The molecule has 0 aromatic heterocycles. The van der Waals surface area contributed by atoms with E-state index in [1.54, 1.807) is 0 Å².